The van der Waals surface area contributed by atoms with E-state index in [9.17, 15) is 46.5 Å². The molecule has 0 heterocycles. The standard InChI is InChI=1S/C8H12F3NO9S/c9-8(10,11)7(17)12-3(1-13)5(15)6(16)4(14)2-21-22(18,19)20/h1,3-6,14-16H,2H2,(H,12,17)(H,18,19,20)/t3-,4+,5+,6+/m0/s1. The molecule has 0 aliphatic rings. The molecule has 0 aliphatic heterocycles. The average Bonchev–Trinajstić information content (AvgIpc) is 2.38. The van der Waals surface area contributed by atoms with Crippen LogP contribution in [0.15, 0.2) is 0 Å². The predicted octanol–water partition coefficient (Wildman–Crippen LogP) is -2.87. The first-order chi connectivity index (χ1) is 9.79. The molecule has 0 unspecified atom stereocenters. The van der Waals surface area contributed by atoms with Crippen LogP contribution < -0.4 is 5.32 Å². The van der Waals surface area contributed by atoms with Crippen molar-refractivity contribution in [3.8, 4) is 0 Å². The largest absolute Gasteiger partial charge is 0.471 e. The van der Waals surface area contributed by atoms with Crippen molar-refractivity contribution in [2.24, 2.45) is 0 Å². The molecule has 4 atom stereocenters. The molecule has 0 rings (SSSR count). The molecule has 130 valence electrons. The Morgan fingerprint density at radius 1 is 1.23 bits per heavy atom. The molecule has 0 saturated carbocycles. The highest BCUT2D eigenvalue weighted by Crippen LogP contribution is 2.15. The fourth-order valence-corrected chi connectivity index (χ4v) is 1.44. The Morgan fingerprint density at radius 2 is 1.73 bits per heavy atom. The molecule has 0 fully saturated rings. The van der Waals surface area contributed by atoms with E-state index in [0.717, 1.165) is 5.32 Å². The molecular weight excluding hydrogens is 343 g/mol. The number of carbonyl (C=O) groups is 2. The lowest BCUT2D eigenvalue weighted by Crippen LogP contribution is -2.55. The summed E-state index contributed by atoms with van der Waals surface area (Å²) in [5, 5.41) is 29.0. The third kappa shape index (κ3) is 7.10. The Morgan fingerprint density at radius 3 is 2.09 bits per heavy atom. The van der Waals surface area contributed by atoms with Crippen molar-refractivity contribution in [1.82, 2.24) is 5.32 Å². The molecule has 1 amide bonds. The van der Waals surface area contributed by atoms with Gasteiger partial charge in [0.25, 0.3) is 0 Å². The molecule has 0 saturated heterocycles. The summed E-state index contributed by atoms with van der Waals surface area (Å²) in [4.78, 5) is 21.2. The maximum absolute atomic E-state index is 12.0. The number of amides is 1. The van der Waals surface area contributed by atoms with Crippen molar-refractivity contribution < 1.29 is 55.2 Å². The number of aldehydes is 1. The lowest BCUT2D eigenvalue weighted by molar-refractivity contribution is -0.176. The number of hydrogen-bond donors (Lipinski definition) is 5. The van der Waals surface area contributed by atoms with E-state index in [4.69, 9.17) is 4.55 Å². The van der Waals surface area contributed by atoms with Crippen molar-refractivity contribution in [2.45, 2.75) is 30.5 Å². The molecule has 22 heavy (non-hydrogen) atoms. The predicted molar refractivity (Wildman–Crippen MR) is 59.6 cm³/mol. The zero-order valence-corrected chi connectivity index (χ0v) is 11.3. The number of alkyl halides is 3. The van der Waals surface area contributed by atoms with Gasteiger partial charge < -0.3 is 25.4 Å². The van der Waals surface area contributed by atoms with Gasteiger partial charge in [-0.25, -0.2) is 4.18 Å². The monoisotopic (exact) mass is 355 g/mol. The molecule has 0 aromatic heterocycles. The first-order valence-corrected chi connectivity index (χ1v) is 6.65. The fourth-order valence-electron chi connectivity index (χ4n) is 1.13. The van der Waals surface area contributed by atoms with Gasteiger partial charge in [-0.15, -0.1) is 0 Å². The zero-order chi connectivity index (χ0) is 17.7. The maximum Gasteiger partial charge on any atom is 0.471 e. The third-order valence-corrected chi connectivity index (χ3v) is 2.64. The van der Waals surface area contributed by atoms with E-state index in [2.05, 4.69) is 4.18 Å². The topological polar surface area (TPSA) is 170 Å². The van der Waals surface area contributed by atoms with Crippen LogP contribution in [-0.2, 0) is 24.2 Å². The van der Waals surface area contributed by atoms with Crippen LogP contribution in [0, 0.1) is 0 Å². The van der Waals surface area contributed by atoms with Crippen LogP contribution in [0.3, 0.4) is 0 Å². The van der Waals surface area contributed by atoms with E-state index in [1.165, 1.54) is 0 Å². The SMILES string of the molecule is O=C[C@H](NC(=O)C(F)(F)F)[C@@H](O)[C@H](O)[C@H](O)COS(=O)(=O)O. The first-order valence-electron chi connectivity index (χ1n) is 5.28. The summed E-state index contributed by atoms with van der Waals surface area (Å²) in [5.74, 6) is -2.58. The molecule has 0 aliphatic carbocycles. The van der Waals surface area contributed by atoms with Crippen LogP contribution in [0.25, 0.3) is 0 Å². The van der Waals surface area contributed by atoms with Gasteiger partial charge in [-0.1, -0.05) is 0 Å². The highest BCUT2D eigenvalue weighted by Gasteiger charge is 2.42. The van der Waals surface area contributed by atoms with E-state index in [0.29, 0.717) is 0 Å². The fraction of sp³-hybridized carbons (Fsp3) is 0.750. The van der Waals surface area contributed by atoms with Gasteiger partial charge in [0.2, 0.25) is 0 Å². The second kappa shape index (κ2) is 7.80. The zero-order valence-electron chi connectivity index (χ0n) is 10.5. The lowest BCUT2D eigenvalue weighted by atomic mass is 10.0. The molecule has 14 heteroatoms. The highest BCUT2D eigenvalue weighted by atomic mass is 32.3. The van der Waals surface area contributed by atoms with Crippen molar-refractivity contribution in [1.29, 1.82) is 0 Å². The molecule has 0 radical (unpaired) electrons. The Hall–Kier alpha value is -1.32. The van der Waals surface area contributed by atoms with E-state index < -0.39 is 53.4 Å². The number of hydrogen-bond acceptors (Lipinski definition) is 8. The second-order valence-electron chi connectivity index (χ2n) is 3.89. The number of carbonyl (C=O) groups excluding carboxylic acids is 2. The normalized spacial score (nSPS) is 18.1. The van der Waals surface area contributed by atoms with Crippen LogP contribution >= 0.6 is 0 Å². The molecule has 5 N–H and O–H groups in total. The van der Waals surface area contributed by atoms with Crippen molar-refractivity contribution in [2.75, 3.05) is 6.61 Å². The lowest BCUT2D eigenvalue weighted by Gasteiger charge is -2.26. The third-order valence-electron chi connectivity index (χ3n) is 2.20. The minimum atomic E-state index is -5.36. The minimum absolute atomic E-state index is 0.339. The van der Waals surface area contributed by atoms with Gasteiger partial charge in [0.05, 0.1) is 6.61 Å². The highest BCUT2D eigenvalue weighted by molar-refractivity contribution is 7.80. The molecule has 0 aromatic rings. The molecule has 10 nitrogen and oxygen atoms in total. The van der Waals surface area contributed by atoms with Crippen LogP contribution in [-0.4, -0.2) is 77.6 Å². The van der Waals surface area contributed by atoms with Gasteiger partial charge in [0.15, 0.2) is 0 Å². The summed E-state index contributed by atoms with van der Waals surface area (Å²) < 4.78 is 68.3. The van der Waals surface area contributed by atoms with Gasteiger partial charge in [-0.2, -0.15) is 21.6 Å². The van der Waals surface area contributed by atoms with E-state index >= 15 is 0 Å². The van der Waals surface area contributed by atoms with Crippen molar-refractivity contribution in [3.63, 3.8) is 0 Å². The van der Waals surface area contributed by atoms with Crippen LogP contribution in [0.1, 0.15) is 0 Å². The van der Waals surface area contributed by atoms with Crippen LogP contribution in [0.2, 0.25) is 0 Å². The Kier molecular flexibility index (Phi) is 7.33. The van der Waals surface area contributed by atoms with Crippen LogP contribution in [0.4, 0.5) is 13.2 Å². The summed E-state index contributed by atoms with van der Waals surface area (Å²) >= 11 is 0. The quantitative estimate of drug-likeness (QED) is 0.227. The Bertz CT molecular complexity index is 494. The number of nitrogens with one attached hydrogen (secondary N) is 1. The number of halogens is 3. The molecule has 0 bridgehead atoms. The van der Waals surface area contributed by atoms with Gasteiger partial charge in [-0.05, 0) is 0 Å². The minimum Gasteiger partial charge on any atom is -0.388 e. The van der Waals surface area contributed by atoms with Gasteiger partial charge in [0, 0.05) is 0 Å². The molecular formula is C8H12F3NO9S. The van der Waals surface area contributed by atoms with Crippen molar-refractivity contribution in [3.05, 3.63) is 0 Å². The Labute approximate surface area is 121 Å². The summed E-state index contributed by atoms with van der Waals surface area (Å²) in [7, 11) is -4.98. The Balaban J connectivity index is 4.78. The molecule has 0 aromatic carbocycles. The van der Waals surface area contributed by atoms with E-state index in [1.807, 2.05) is 0 Å². The first kappa shape index (κ1) is 20.7. The summed E-state index contributed by atoms with van der Waals surface area (Å²) in [5.41, 5.74) is 0. The van der Waals surface area contributed by atoms with Gasteiger partial charge in [-0.3, -0.25) is 9.35 Å². The number of aliphatic hydroxyl groups excluding tert-OH is 3. The number of aliphatic hydroxyl groups is 3. The molecule has 0 spiro atoms. The number of rotatable bonds is 8. The van der Waals surface area contributed by atoms with Gasteiger partial charge in [0.1, 0.15) is 30.6 Å². The van der Waals surface area contributed by atoms with Gasteiger partial charge >= 0.3 is 22.5 Å². The van der Waals surface area contributed by atoms with E-state index in [-0.39, 0.29) is 6.29 Å². The summed E-state index contributed by atoms with van der Waals surface area (Å²) in [6.45, 7) is -1.27. The smallest absolute Gasteiger partial charge is 0.388 e. The summed E-state index contributed by atoms with van der Waals surface area (Å²) in [6.07, 6.45) is -12.7. The summed E-state index contributed by atoms with van der Waals surface area (Å²) in [6, 6.07) is -2.25. The van der Waals surface area contributed by atoms with E-state index in [1.54, 1.807) is 0 Å². The maximum atomic E-state index is 12.0. The average molecular weight is 355 g/mol. The van der Waals surface area contributed by atoms with Crippen LogP contribution in [0.5, 0.6) is 0 Å². The second-order valence-corrected chi connectivity index (χ2v) is 4.99. The van der Waals surface area contributed by atoms with Crippen molar-refractivity contribution >= 4 is 22.6 Å².